The lowest BCUT2D eigenvalue weighted by molar-refractivity contribution is -0.393. The number of nitro groups is 2. The number of aromatic carboxylic acids is 1. The number of non-ortho nitro benzene ring substituents is 1. The minimum Gasteiger partial charge on any atom is -0.478 e. The normalized spacial score (nSPS) is 9.83. The van der Waals surface area contributed by atoms with Gasteiger partial charge in [-0.05, 0) is 0 Å². The fourth-order valence-corrected chi connectivity index (χ4v) is 1.24. The number of hydrogen-bond acceptors (Lipinski definition) is 7. The number of benzene rings is 1. The van der Waals surface area contributed by atoms with Crippen LogP contribution in [0.25, 0.3) is 0 Å². The first-order valence-corrected chi connectivity index (χ1v) is 4.37. The molecule has 1 rings (SSSR count). The Morgan fingerprint density at radius 1 is 1.33 bits per heavy atom. The standard InChI is InChI=1S/C8H7N3O7/c1-18-9-7-5(8(12)13)2-4(10(14)15)3-6(7)11(16)17/h2-3,9H,1H3,(H,12,13). The summed E-state index contributed by atoms with van der Waals surface area (Å²) in [4.78, 5) is 34.8. The van der Waals surface area contributed by atoms with Crippen LogP contribution in [0.1, 0.15) is 10.4 Å². The summed E-state index contributed by atoms with van der Waals surface area (Å²) in [5, 5.41) is 30.2. The second-order valence-electron chi connectivity index (χ2n) is 3.01. The minimum atomic E-state index is -1.55. The molecule has 0 spiro atoms. The maximum atomic E-state index is 10.9. The molecule has 0 saturated carbocycles. The number of anilines is 1. The second-order valence-corrected chi connectivity index (χ2v) is 3.01. The van der Waals surface area contributed by atoms with Crippen molar-refractivity contribution < 1.29 is 24.6 Å². The van der Waals surface area contributed by atoms with E-state index >= 15 is 0 Å². The lowest BCUT2D eigenvalue weighted by atomic mass is 10.1. The fraction of sp³-hybridized carbons (Fsp3) is 0.125. The van der Waals surface area contributed by atoms with Gasteiger partial charge in [0.05, 0.1) is 28.6 Å². The van der Waals surface area contributed by atoms with E-state index in [9.17, 15) is 25.0 Å². The van der Waals surface area contributed by atoms with Crippen molar-refractivity contribution in [1.82, 2.24) is 0 Å². The van der Waals surface area contributed by atoms with Crippen molar-refractivity contribution in [3.8, 4) is 0 Å². The third kappa shape index (κ3) is 2.49. The molecule has 0 amide bonds. The molecule has 18 heavy (non-hydrogen) atoms. The third-order valence-electron chi connectivity index (χ3n) is 1.94. The van der Waals surface area contributed by atoms with Gasteiger partial charge in [-0.2, -0.15) is 0 Å². The van der Waals surface area contributed by atoms with Crippen molar-refractivity contribution in [2.45, 2.75) is 0 Å². The Morgan fingerprint density at radius 2 is 1.94 bits per heavy atom. The van der Waals surface area contributed by atoms with Gasteiger partial charge in [0.25, 0.3) is 5.69 Å². The van der Waals surface area contributed by atoms with Gasteiger partial charge in [-0.1, -0.05) is 0 Å². The van der Waals surface area contributed by atoms with Crippen LogP contribution in [0.3, 0.4) is 0 Å². The molecule has 0 radical (unpaired) electrons. The SMILES string of the molecule is CONc1c(C(=O)O)cc([N+](=O)[O-])cc1[N+](=O)[O-]. The van der Waals surface area contributed by atoms with E-state index in [-0.39, 0.29) is 0 Å². The van der Waals surface area contributed by atoms with E-state index in [4.69, 9.17) is 5.11 Å². The van der Waals surface area contributed by atoms with Crippen LogP contribution in [0, 0.1) is 20.2 Å². The molecule has 1 aromatic rings. The Hall–Kier alpha value is -2.75. The quantitative estimate of drug-likeness (QED) is 0.590. The highest BCUT2D eigenvalue weighted by molar-refractivity contribution is 5.97. The number of carboxylic acids is 1. The number of carbonyl (C=O) groups is 1. The second kappa shape index (κ2) is 5.05. The Balaban J connectivity index is 3.59. The molecule has 10 heteroatoms. The zero-order chi connectivity index (χ0) is 13.9. The largest absolute Gasteiger partial charge is 0.478 e. The first-order chi connectivity index (χ1) is 8.38. The number of hydrogen-bond donors (Lipinski definition) is 2. The molecule has 0 unspecified atom stereocenters. The molecule has 0 heterocycles. The molecule has 2 N–H and O–H groups in total. The van der Waals surface area contributed by atoms with Crippen LogP contribution in [0.4, 0.5) is 17.1 Å². The molecular weight excluding hydrogens is 250 g/mol. The average Bonchev–Trinajstić information content (AvgIpc) is 2.28. The first kappa shape index (κ1) is 13.3. The lowest BCUT2D eigenvalue weighted by Gasteiger charge is -2.07. The molecule has 0 bridgehead atoms. The molecule has 0 aromatic heterocycles. The van der Waals surface area contributed by atoms with Crippen molar-refractivity contribution in [2.75, 3.05) is 12.6 Å². The molecule has 1 aromatic carbocycles. The predicted octanol–water partition coefficient (Wildman–Crippen LogP) is 1.17. The van der Waals surface area contributed by atoms with E-state index in [0.29, 0.717) is 12.1 Å². The number of nitro benzene ring substituents is 2. The maximum Gasteiger partial charge on any atom is 0.338 e. The van der Waals surface area contributed by atoms with Gasteiger partial charge in [-0.3, -0.25) is 30.5 Å². The highest BCUT2D eigenvalue weighted by atomic mass is 16.6. The van der Waals surface area contributed by atoms with Crippen molar-refractivity contribution in [3.05, 3.63) is 37.9 Å². The first-order valence-electron chi connectivity index (χ1n) is 4.37. The highest BCUT2D eigenvalue weighted by Gasteiger charge is 2.27. The van der Waals surface area contributed by atoms with Gasteiger partial charge in [0.1, 0.15) is 0 Å². The summed E-state index contributed by atoms with van der Waals surface area (Å²) in [5.41, 5.74) is -0.511. The molecule has 0 fully saturated rings. The van der Waals surface area contributed by atoms with Crippen LogP contribution in [-0.4, -0.2) is 28.0 Å². The van der Waals surface area contributed by atoms with E-state index in [1.807, 2.05) is 5.48 Å². The topological polar surface area (TPSA) is 145 Å². The molecule has 0 saturated heterocycles. The summed E-state index contributed by atoms with van der Waals surface area (Å²) in [6, 6.07) is 1.35. The van der Waals surface area contributed by atoms with Crippen LogP contribution in [-0.2, 0) is 4.84 Å². The summed E-state index contributed by atoms with van der Waals surface area (Å²) in [7, 11) is 1.12. The van der Waals surface area contributed by atoms with Crippen LogP contribution >= 0.6 is 0 Å². The van der Waals surface area contributed by atoms with Gasteiger partial charge < -0.3 is 5.11 Å². The molecule has 0 aliphatic heterocycles. The molecule has 0 aliphatic carbocycles. The van der Waals surface area contributed by atoms with E-state index in [2.05, 4.69) is 4.84 Å². The average molecular weight is 257 g/mol. The summed E-state index contributed by atoms with van der Waals surface area (Å²) < 4.78 is 0. The maximum absolute atomic E-state index is 10.9. The Labute approximate surface area is 99.0 Å². The molecule has 0 aliphatic rings. The Kier molecular flexibility index (Phi) is 3.74. The number of rotatable bonds is 5. The van der Waals surface area contributed by atoms with Gasteiger partial charge in [0.2, 0.25) is 0 Å². The fourth-order valence-electron chi connectivity index (χ4n) is 1.24. The zero-order valence-electron chi connectivity index (χ0n) is 8.95. The van der Waals surface area contributed by atoms with E-state index in [1.165, 1.54) is 0 Å². The zero-order valence-corrected chi connectivity index (χ0v) is 8.95. The van der Waals surface area contributed by atoms with Crippen molar-refractivity contribution in [1.29, 1.82) is 0 Å². The van der Waals surface area contributed by atoms with Gasteiger partial charge in [-0.25, -0.2) is 4.79 Å². The van der Waals surface area contributed by atoms with Gasteiger partial charge >= 0.3 is 11.7 Å². The number of nitrogens with zero attached hydrogens (tertiary/aromatic N) is 2. The number of nitrogens with one attached hydrogen (secondary N) is 1. The van der Waals surface area contributed by atoms with E-state index in [1.54, 1.807) is 0 Å². The molecule has 0 atom stereocenters. The van der Waals surface area contributed by atoms with Crippen molar-refractivity contribution in [2.24, 2.45) is 0 Å². The number of carboxylic acid groups (broad SMARTS) is 1. The predicted molar refractivity (Wildman–Crippen MR) is 57.3 cm³/mol. The molecule has 96 valence electrons. The third-order valence-corrected chi connectivity index (χ3v) is 1.94. The van der Waals surface area contributed by atoms with Crippen LogP contribution in [0.5, 0.6) is 0 Å². The molecule has 10 nitrogen and oxygen atoms in total. The summed E-state index contributed by atoms with van der Waals surface area (Å²) in [6.07, 6.45) is 0. The van der Waals surface area contributed by atoms with Crippen LogP contribution in [0.2, 0.25) is 0 Å². The monoisotopic (exact) mass is 257 g/mol. The van der Waals surface area contributed by atoms with E-state index in [0.717, 1.165) is 7.11 Å². The van der Waals surface area contributed by atoms with Gasteiger partial charge in [0, 0.05) is 6.07 Å². The van der Waals surface area contributed by atoms with Crippen molar-refractivity contribution >= 4 is 23.0 Å². The minimum absolute atomic E-state index is 0.458. The van der Waals surface area contributed by atoms with Gasteiger partial charge in [0.15, 0.2) is 5.69 Å². The van der Waals surface area contributed by atoms with Gasteiger partial charge in [-0.15, -0.1) is 0 Å². The summed E-state index contributed by atoms with van der Waals surface area (Å²) >= 11 is 0. The van der Waals surface area contributed by atoms with Crippen LogP contribution in [0.15, 0.2) is 12.1 Å². The summed E-state index contributed by atoms with van der Waals surface area (Å²) in [6.45, 7) is 0. The summed E-state index contributed by atoms with van der Waals surface area (Å²) in [5.74, 6) is -1.55. The molecular formula is C8H7N3O7. The lowest BCUT2D eigenvalue weighted by Crippen LogP contribution is -2.09. The van der Waals surface area contributed by atoms with Crippen molar-refractivity contribution in [3.63, 3.8) is 0 Å². The van der Waals surface area contributed by atoms with Crippen LogP contribution < -0.4 is 5.48 Å². The Morgan fingerprint density at radius 3 is 2.33 bits per heavy atom. The highest BCUT2D eigenvalue weighted by Crippen LogP contribution is 2.33. The smallest absolute Gasteiger partial charge is 0.338 e. The van der Waals surface area contributed by atoms with E-state index < -0.39 is 38.4 Å². The Bertz CT molecular complexity index is 492.